The van der Waals surface area contributed by atoms with E-state index in [1.807, 2.05) is 53.2 Å². The van der Waals surface area contributed by atoms with Gasteiger partial charge in [-0.15, -0.1) is 0 Å². The number of sulfone groups is 1. The number of pyridine rings is 1. The molecule has 194 valence electrons. The number of rotatable bonds is 8. The summed E-state index contributed by atoms with van der Waals surface area (Å²) in [6, 6.07) is 17.0. The van der Waals surface area contributed by atoms with Gasteiger partial charge in [0.15, 0.2) is 9.84 Å². The third-order valence-electron chi connectivity index (χ3n) is 6.97. The van der Waals surface area contributed by atoms with Gasteiger partial charge in [-0.2, -0.15) is 0 Å². The van der Waals surface area contributed by atoms with Crippen LogP contribution in [0, 0.1) is 5.92 Å². The highest BCUT2D eigenvalue weighted by Gasteiger charge is 2.25. The van der Waals surface area contributed by atoms with E-state index in [1.165, 1.54) is 0 Å². The number of benzene rings is 2. The minimum absolute atomic E-state index is 0.102. The van der Waals surface area contributed by atoms with Gasteiger partial charge in [0.25, 0.3) is 0 Å². The Bertz CT molecular complexity index is 1500. The van der Waals surface area contributed by atoms with Crippen molar-refractivity contribution in [3.8, 4) is 17.0 Å². The van der Waals surface area contributed by atoms with Crippen LogP contribution in [-0.4, -0.2) is 48.9 Å². The van der Waals surface area contributed by atoms with E-state index in [1.54, 1.807) is 19.2 Å². The molecule has 4 aromatic rings. The summed E-state index contributed by atoms with van der Waals surface area (Å²) < 4.78 is 32.7. The van der Waals surface area contributed by atoms with Crippen LogP contribution < -0.4 is 9.64 Å². The third kappa shape index (κ3) is 5.76. The van der Waals surface area contributed by atoms with Gasteiger partial charge in [-0.25, -0.2) is 13.4 Å². The average Bonchev–Trinajstić information content (AvgIpc) is 3.32. The predicted molar refractivity (Wildman–Crippen MR) is 147 cm³/mol. The fourth-order valence-electron chi connectivity index (χ4n) is 5.02. The van der Waals surface area contributed by atoms with Crippen LogP contribution >= 0.6 is 11.6 Å². The van der Waals surface area contributed by atoms with Gasteiger partial charge in [0.1, 0.15) is 11.4 Å². The number of anilines is 1. The maximum absolute atomic E-state index is 12.7. The van der Waals surface area contributed by atoms with E-state index < -0.39 is 9.84 Å². The number of ether oxygens (including phenoxy) is 1. The van der Waals surface area contributed by atoms with Crippen molar-refractivity contribution in [1.82, 2.24) is 9.38 Å². The molecule has 0 unspecified atom stereocenters. The average molecular weight is 540 g/mol. The molecule has 0 amide bonds. The first-order valence-electron chi connectivity index (χ1n) is 12.3. The van der Waals surface area contributed by atoms with E-state index in [0.29, 0.717) is 22.0 Å². The Morgan fingerprint density at radius 2 is 1.86 bits per heavy atom. The molecule has 5 rings (SSSR count). The summed E-state index contributed by atoms with van der Waals surface area (Å²) in [5.74, 6) is 1.01. The SMILES string of the molecule is COc1cc(CO)c(-c2cn3ccc(N4CCC(CS(=O)(=O)Cc5ccccc5)CC4)cc3n2)cc1Cl. The fourth-order valence-corrected chi connectivity index (χ4v) is 7.13. The molecule has 1 aliphatic rings. The summed E-state index contributed by atoms with van der Waals surface area (Å²) in [6.07, 6.45) is 5.56. The number of aromatic nitrogens is 2. The second kappa shape index (κ2) is 10.7. The molecule has 0 atom stereocenters. The Kier molecular flexibility index (Phi) is 7.42. The molecule has 3 heterocycles. The van der Waals surface area contributed by atoms with Crippen molar-refractivity contribution >= 4 is 32.8 Å². The lowest BCUT2D eigenvalue weighted by Crippen LogP contribution is -2.36. The van der Waals surface area contributed by atoms with Crippen LogP contribution in [0.1, 0.15) is 24.0 Å². The Balaban J connectivity index is 1.27. The molecule has 1 N–H and O–H groups in total. The van der Waals surface area contributed by atoms with Crippen molar-refractivity contribution in [2.24, 2.45) is 5.92 Å². The van der Waals surface area contributed by atoms with Crippen LogP contribution in [0.25, 0.3) is 16.9 Å². The number of aliphatic hydroxyl groups is 1. The molecule has 37 heavy (non-hydrogen) atoms. The first-order chi connectivity index (χ1) is 17.8. The first kappa shape index (κ1) is 25.6. The number of aliphatic hydroxyl groups excluding tert-OH is 1. The highest BCUT2D eigenvalue weighted by atomic mass is 35.5. The van der Waals surface area contributed by atoms with E-state index in [0.717, 1.165) is 48.4 Å². The van der Waals surface area contributed by atoms with E-state index in [4.69, 9.17) is 21.3 Å². The lowest BCUT2D eigenvalue weighted by molar-refractivity contribution is 0.281. The Morgan fingerprint density at radius 3 is 2.57 bits per heavy atom. The quantitative estimate of drug-likeness (QED) is 0.340. The molecule has 1 aliphatic heterocycles. The molecule has 1 fully saturated rings. The van der Waals surface area contributed by atoms with Crippen LogP contribution in [0.5, 0.6) is 5.75 Å². The maximum Gasteiger partial charge on any atom is 0.154 e. The lowest BCUT2D eigenvalue weighted by Gasteiger charge is -2.33. The normalized spacial score (nSPS) is 14.8. The monoisotopic (exact) mass is 539 g/mol. The van der Waals surface area contributed by atoms with E-state index in [9.17, 15) is 13.5 Å². The van der Waals surface area contributed by atoms with Gasteiger partial charge in [0, 0.05) is 42.8 Å². The highest BCUT2D eigenvalue weighted by molar-refractivity contribution is 7.90. The van der Waals surface area contributed by atoms with Crippen molar-refractivity contribution in [2.75, 3.05) is 30.9 Å². The summed E-state index contributed by atoms with van der Waals surface area (Å²) in [5.41, 5.74) is 4.86. The number of halogens is 1. The number of nitrogens with zero attached hydrogens (tertiary/aromatic N) is 3. The Labute approximate surface area is 222 Å². The third-order valence-corrected chi connectivity index (χ3v) is 9.01. The standard InChI is InChI=1S/C28H30ClN3O4S/c1-36-27-13-22(17-33)24(15-25(27)29)26-16-32-12-9-23(14-28(32)30-26)31-10-7-21(8-11-31)19-37(34,35)18-20-5-3-2-4-6-20/h2-6,9,12-16,21,33H,7-8,10-11,17-19H2,1H3. The van der Waals surface area contributed by atoms with Crippen LogP contribution in [0.4, 0.5) is 5.69 Å². The van der Waals surface area contributed by atoms with Crippen molar-refractivity contribution in [3.63, 3.8) is 0 Å². The molecule has 0 saturated carbocycles. The predicted octanol–water partition coefficient (Wildman–Crippen LogP) is 4.99. The summed E-state index contributed by atoms with van der Waals surface area (Å²) in [4.78, 5) is 7.08. The largest absolute Gasteiger partial charge is 0.495 e. The molecule has 0 spiro atoms. The molecule has 0 aliphatic carbocycles. The van der Waals surface area contributed by atoms with Crippen LogP contribution in [0.2, 0.25) is 5.02 Å². The molecule has 7 nitrogen and oxygen atoms in total. The van der Waals surface area contributed by atoms with E-state index in [2.05, 4.69) is 11.0 Å². The van der Waals surface area contributed by atoms with E-state index in [-0.39, 0.29) is 24.0 Å². The second-order valence-electron chi connectivity index (χ2n) is 9.55. The summed E-state index contributed by atoms with van der Waals surface area (Å²) in [6.45, 7) is 1.45. The summed E-state index contributed by atoms with van der Waals surface area (Å²) in [5, 5.41) is 10.3. The van der Waals surface area contributed by atoms with Gasteiger partial charge < -0.3 is 19.1 Å². The van der Waals surface area contributed by atoms with Gasteiger partial charge >= 0.3 is 0 Å². The number of hydrogen-bond donors (Lipinski definition) is 1. The van der Waals surface area contributed by atoms with Crippen LogP contribution in [0.15, 0.2) is 67.0 Å². The molecule has 9 heteroatoms. The van der Waals surface area contributed by atoms with Crippen molar-refractivity contribution < 1.29 is 18.3 Å². The van der Waals surface area contributed by atoms with Gasteiger partial charge in [0.2, 0.25) is 0 Å². The molecule has 1 saturated heterocycles. The number of fused-ring (bicyclic) bond motifs is 1. The van der Waals surface area contributed by atoms with Gasteiger partial charge in [-0.3, -0.25) is 0 Å². The molecular weight excluding hydrogens is 510 g/mol. The zero-order valence-electron chi connectivity index (χ0n) is 20.7. The van der Waals surface area contributed by atoms with E-state index >= 15 is 0 Å². The smallest absolute Gasteiger partial charge is 0.154 e. The zero-order valence-corrected chi connectivity index (χ0v) is 22.3. The topological polar surface area (TPSA) is 84.1 Å². The minimum atomic E-state index is -3.15. The second-order valence-corrected chi connectivity index (χ2v) is 12.1. The highest BCUT2D eigenvalue weighted by Crippen LogP contribution is 2.34. The molecule has 2 aromatic carbocycles. The van der Waals surface area contributed by atoms with Crippen LogP contribution in [0.3, 0.4) is 0 Å². The molecule has 2 aromatic heterocycles. The lowest BCUT2D eigenvalue weighted by atomic mass is 9.98. The number of hydrogen-bond acceptors (Lipinski definition) is 6. The molecular formula is C28H30ClN3O4S. The molecule has 0 radical (unpaired) electrons. The number of imidazole rings is 1. The summed E-state index contributed by atoms with van der Waals surface area (Å²) in [7, 11) is -1.61. The minimum Gasteiger partial charge on any atom is -0.495 e. The van der Waals surface area contributed by atoms with Gasteiger partial charge in [0.05, 0.1) is 35.9 Å². The van der Waals surface area contributed by atoms with Crippen LogP contribution in [-0.2, 0) is 22.2 Å². The van der Waals surface area contributed by atoms with Gasteiger partial charge in [-0.1, -0.05) is 41.9 Å². The Hall–Kier alpha value is -3.07. The molecule has 0 bridgehead atoms. The van der Waals surface area contributed by atoms with Gasteiger partial charge in [-0.05, 0) is 48.1 Å². The zero-order chi connectivity index (χ0) is 26.0. The van der Waals surface area contributed by atoms with Crippen molar-refractivity contribution in [2.45, 2.75) is 25.2 Å². The number of methoxy groups -OCH3 is 1. The Morgan fingerprint density at radius 1 is 1.11 bits per heavy atom. The first-order valence-corrected chi connectivity index (χ1v) is 14.5. The van der Waals surface area contributed by atoms with Crippen molar-refractivity contribution in [1.29, 1.82) is 0 Å². The van der Waals surface area contributed by atoms with Crippen molar-refractivity contribution in [3.05, 3.63) is 83.1 Å². The fraction of sp³-hybridized carbons (Fsp3) is 0.321. The summed E-state index contributed by atoms with van der Waals surface area (Å²) >= 11 is 6.34. The maximum atomic E-state index is 12.7. The number of piperidine rings is 1.